The lowest BCUT2D eigenvalue weighted by Crippen LogP contribution is -2.45. The lowest BCUT2D eigenvalue weighted by molar-refractivity contribution is -0.458. The van der Waals surface area contributed by atoms with Crippen molar-refractivity contribution in [3.63, 3.8) is 0 Å². The van der Waals surface area contributed by atoms with E-state index in [2.05, 4.69) is 104 Å². The number of rotatable bonds is 6. The number of nitrogens with zero attached hydrogens (tertiary/aromatic N) is 3. The normalized spacial score (nSPS) is 25.5. The number of terminal acetylenes is 1. The van der Waals surface area contributed by atoms with Crippen LogP contribution in [0.2, 0.25) is 0 Å². The van der Waals surface area contributed by atoms with Crippen LogP contribution in [0.25, 0.3) is 0 Å². The third-order valence-electron chi connectivity index (χ3n) is 9.61. The van der Waals surface area contributed by atoms with Gasteiger partial charge in [-0.25, -0.2) is 9.57 Å². The first-order chi connectivity index (χ1) is 25.9. The molecule has 2 saturated carbocycles. The van der Waals surface area contributed by atoms with Gasteiger partial charge in [0.25, 0.3) is 0 Å². The lowest BCUT2D eigenvalue weighted by atomic mass is 9.95. The van der Waals surface area contributed by atoms with Gasteiger partial charge < -0.3 is 9.69 Å². The maximum absolute atomic E-state index is 12.0. The molecule has 0 spiro atoms. The van der Waals surface area contributed by atoms with Crippen molar-refractivity contribution < 1.29 is 19.0 Å². The summed E-state index contributed by atoms with van der Waals surface area (Å²) in [4.78, 5) is 37.0. The van der Waals surface area contributed by atoms with Crippen LogP contribution in [0.4, 0.5) is 0 Å². The van der Waals surface area contributed by atoms with Crippen molar-refractivity contribution in [1.82, 2.24) is 10.2 Å². The van der Waals surface area contributed by atoms with E-state index in [9.17, 15) is 9.59 Å². The predicted octanol–water partition coefficient (Wildman–Crippen LogP) is 9.09. The van der Waals surface area contributed by atoms with Crippen molar-refractivity contribution in [2.24, 2.45) is 40.5 Å². The highest BCUT2D eigenvalue weighted by molar-refractivity contribution is 5.85. The van der Waals surface area contributed by atoms with E-state index in [1.54, 1.807) is 11.0 Å². The van der Waals surface area contributed by atoms with E-state index < -0.39 is 0 Å². The second kappa shape index (κ2) is 28.7. The molecule has 7 atom stereocenters. The number of nitrogens with one attached hydrogen (secondary N) is 1. The molecule has 4 bridgehead atoms. The second-order valence-corrected chi connectivity index (χ2v) is 14.8. The largest absolute Gasteiger partial charge is 0.327 e. The minimum atomic E-state index is -0.240. The average Bonchev–Trinajstić information content (AvgIpc) is 4.04. The van der Waals surface area contributed by atoms with Crippen LogP contribution in [0.5, 0.6) is 0 Å². The van der Waals surface area contributed by atoms with Gasteiger partial charge in [0.15, 0.2) is 6.21 Å². The summed E-state index contributed by atoms with van der Waals surface area (Å²) in [5.74, 6) is 4.05. The van der Waals surface area contributed by atoms with Gasteiger partial charge in [-0.3, -0.25) is 14.9 Å². The second-order valence-electron chi connectivity index (χ2n) is 14.8. The third kappa shape index (κ3) is 19.5. The zero-order valence-electron chi connectivity index (χ0n) is 34.0. The number of carbonyl (C=O) groups is 3. The molecule has 4 unspecified atom stereocenters. The Morgan fingerprint density at radius 2 is 1.45 bits per heavy atom. The smallest absolute Gasteiger partial charge is 0.241 e. The van der Waals surface area contributed by atoms with Crippen LogP contribution in [-0.4, -0.2) is 73.2 Å². The molecule has 0 radical (unpaired) electrons. The Labute approximate surface area is 334 Å². The number of hydrogen-bond acceptors (Lipinski definition) is 5. The average molecular weight is 752 g/mol. The summed E-state index contributed by atoms with van der Waals surface area (Å²) in [5, 5.41) is 3.35. The van der Waals surface area contributed by atoms with Crippen LogP contribution in [0, 0.1) is 48.0 Å². The zero-order chi connectivity index (χ0) is 40.4. The topological polar surface area (TPSA) is 81.8 Å². The molecular formula is C48H71N4O3+. The Morgan fingerprint density at radius 1 is 0.927 bits per heavy atom. The number of aliphatic imine (C=N–C) groups is 1. The molecular weight excluding hydrogens is 681 g/mol. The van der Waals surface area contributed by atoms with Crippen LogP contribution in [0.3, 0.4) is 0 Å². The number of hydrogen-bond donors (Lipinski definition) is 1. The molecule has 3 fully saturated rings. The van der Waals surface area contributed by atoms with E-state index in [1.165, 1.54) is 37.3 Å². The minimum Gasteiger partial charge on any atom is -0.327 e. The summed E-state index contributed by atoms with van der Waals surface area (Å²) < 4.78 is 1.94. The molecule has 7 heteroatoms. The third-order valence-corrected chi connectivity index (χ3v) is 9.61. The first kappa shape index (κ1) is 50.3. The van der Waals surface area contributed by atoms with Crippen molar-refractivity contribution >= 4 is 30.9 Å². The molecule has 300 valence electrons. The van der Waals surface area contributed by atoms with Crippen LogP contribution in [0.1, 0.15) is 79.2 Å². The zero-order valence-corrected chi connectivity index (χ0v) is 34.0. The van der Waals surface area contributed by atoms with Gasteiger partial charge in [-0.05, 0) is 93.8 Å². The Morgan fingerprint density at radius 3 is 1.75 bits per heavy atom. The first-order valence-electron chi connectivity index (χ1n) is 19.3. The Hall–Kier alpha value is -4.67. The Kier molecular flexibility index (Phi) is 26.3. The Bertz CT molecular complexity index is 1490. The molecule has 0 aromatic heterocycles. The fourth-order valence-corrected chi connectivity index (χ4v) is 6.80. The molecule has 1 aromatic rings. The van der Waals surface area contributed by atoms with E-state index >= 15 is 0 Å². The molecule has 1 aliphatic heterocycles. The van der Waals surface area contributed by atoms with Gasteiger partial charge in [-0.2, -0.15) is 0 Å². The van der Waals surface area contributed by atoms with E-state index in [0.29, 0.717) is 24.0 Å². The van der Waals surface area contributed by atoms with E-state index in [0.717, 1.165) is 43.3 Å². The number of carbonyl (C=O) groups excluding carboxylic acids is 3. The molecule has 1 saturated heterocycles. The standard InChI is InChI=1S/C13H18N2O.C10H11N.C8H10O.C5H10N.C5H6.C3H4O.C3H8.CH4/c1-13(2)14-11(12(16)15(13)3)9-10-7-5-4-6-8-10;1-2-11-7-10-6-8-3-4-9(10)5-8;9-5-8-4-6-1-2-7(8)3-6;1-4-5-6(2)3;1-2-4-5-3-1;1-2-3-4;1-3-2;/h4-8,11,14H,9H2,1-3H3;1,3-4,7-10H,5-6H2;1-2,5-8H,3-4H2;4-5H,1H2,2-3H3;1-4H,5H2;2-3H,1H2;3H2,1-2H3;1H4/q;;;+1;;;;/t11-;8?,9?,10-;6?,7?,8-;;;;;/m000...../s1. The van der Waals surface area contributed by atoms with Crippen molar-refractivity contribution in [3.05, 3.63) is 110 Å². The summed E-state index contributed by atoms with van der Waals surface area (Å²) in [6.45, 7) is 14.9. The van der Waals surface area contributed by atoms with Gasteiger partial charge in [-0.15, -0.1) is 0 Å². The first-order valence-corrected chi connectivity index (χ1v) is 19.3. The van der Waals surface area contributed by atoms with Crippen LogP contribution in [-0.2, 0) is 20.8 Å². The van der Waals surface area contributed by atoms with E-state index in [4.69, 9.17) is 11.2 Å². The number of amides is 1. The van der Waals surface area contributed by atoms with Gasteiger partial charge in [0.1, 0.15) is 26.7 Å². The molecule has 1 amide bonds. The molecule has 7 rings (SSSR count). The number of allylic oxidation sites excluding steroid dienone is 10. The molecule has 5 aliphatic carbocycles. The molecule has 1 aromatic carbocycles. The van der Waals surface area contributed by atoms with Crippen molar-refractivity contribution in [2.45, 2.75) is 91.8 Å². The summed E-state index contributed by atoms with van der Waals surface area (Å²) in [6, 6.07) is 12.3. The summed E-state index contributed by atoms with van der Waals surface area (Å²) in [7, 11) is 5.77. The molecule has 7 nitrogen and oxygen atoms in total. The van der Waals surface area contributed by atoms with Crippen LogP contribution >= 0.6 is 0 Å². The minimum absolute atomic E-state index is 0. The summed E-state index contributed by atoms with van der Waals surface area (Å²) >= 11 is 0. The van der Waals surface area contributed by atoms with E-state index in [1.807, 2.05) is 70.2 Å². The van der Waals surface area contributed by atoms with Gasteiger partial charge in [-0.1, -0.05) is 126 Å². The highest BCUT2D eigenvalue weighted by Crippen LogP contribution is 2.43. The predicted molar refractivity (Wildman–Crippen MR) is 235 cm³/mol. The number of benzene rings is 1. The van der Waals surface area contributed by atoms with Gasteiger partial charge in [0, 0.05) is 31.1 Å². The Balaban J connectivity index is 0.000000662. The fourth-order valence-electron chi connectivity index (χ4n) is 6.80. The quantitative estimate of drug-likeness (QED) is 0.0786. The molecule has 6 aliphatic rings. The maximum Gasteiger partial charge on any atom is 0.241 e. The van der Waals surface area contributed by atoms with Crippen LogP contribution < -0.4 is 5.32 Å². The van der Waals surface area contributed by atoms with Gasteiger partial charge >= 0.3 is 0 Å². The monoisotopic (exact) mass is 752 g/mol. The van der Waals surface area contributed by atoms with E-state index in [-0.39, 0.29) is 25.0 Å². The SMILES string of the molecule is C.C#CN=C[C@@H]1CC2C=CC1C2.C1=CCC=C1.C=CC=O.C=CC=[N+](C)C.CCC.CN1C(=O)[C@H](Cc2ccccc2)NC1(C)C.O=C[C@@H]1CC2C=CC1C2. The number of aldehydes is 2. The lowest BCUT2D eigenvalue weighted by Gasteiger charge is -2.27. The molecule has 55 heavy (non-hydrogen) atoms. The van der Waals surface area contributed by atoms with Crippen molar-refractivity contribution in [2.75, 3.05) is 21.1 Å². The van der Waals surface area contributed by atoms with Crippen molar-refractivity contribution in [1.29, 1.82) is 0 Å². The van der Waals surface area contributed by atoms with Crippen LogP contribution in [0.15, 0.2) is 109 Å². The number of fused-ring (bicyclic) bond motifs is 4. The summed E-state index contributed by atoms with van der Waals surface area (Å²) in [5.41, 5.74) is 0.954. The molecule has 1 heterocycles. The van der Waals surface area contributed by atoms with Gasteiger partial charge in [0.2, 0.25) is 5.91 Å². The summed E-state index contributed by atoms with van der Waals surface area (Å²) in [6.07, 6.45) is 39.1. The van der Waals surface area contributed by atoms with Gasteiger partial charge in [0.05, 0.1) is 11.7 Å². The fraction of sp³-hybridized carbons (Fsp3) is 0.479. The number of likely N-dealkylation sites (N-methyl/N-ethyl adjacent to an activating group) is 1. The highest BCUT2D eigenvalue weighted by atomic mass is 16.2. The molecule has 1 N–H and O–H groups in total. The highest BCUT2D eigenvalue weighted by Gasteiger charge is 2.41. The van der Waals surface area contributed by atoms with Crippen molar-refractivity contribution in [3.8, 4) is 12.5 Å². The maximum atomic E-state index is 12.0.